The third-order valence-electron chi connectivity index (χ3n) is 3.03. The van der Waals surface area contributed by atoms with E-state index in [0.717, 1.165) is 25.4 Å². The van der Waals surface area contributed by atoms with Crippen molar-refractivity contribution in [2.24, 2.45) is 5.92 Å². The van der Waals surface area contributed by atoms with E-state index in [2.05, 4.69) is 10.3 Å². The van der Waals surface area contributed by atoms with E-state index < -0.39 is 0 Å². The standard InChI is InChI=1S/C12H18N2O2S.ClH/c15-11(12-14-6-8-17-12)9-16-7-3-10-1-4-13-5-2-10;/h6,8,10,13H,1-5,7,9H2;1H. The highest BCUT2D eigenvalue weighted by molar-refractivity contribution is 7.11. The molecule has 0 aliphatic carbocycles. The van der Waals surface area contributed by atoms with Crippen LogP contribution in [0.1, 0.15) is 29.1 Å². The van der Waals surface area contributed by atoms with Crippen LogP contribution in [0.15, 0.2) is 11.6 Å². The zero-order chi connectivity index (χ0) is 11.9. The monoisotopic (exact) mass is 290 g/mol. The maximum Gasteiger partial charge on any atom is 0.216 e. The van der Waals surface area contributed by atoms with Gasteiger partial charge >= 0.3 is 0 Å². The number of aromatic nitrogens is 1. The van der Waals surface area contributed by atoms with Gasteiger partial charge < -0.3 is 10.1 Å². The second-order valence-corrected chi connectivity index (χ2v) is 5.19. The molecule has 0 radical (unpaired) electrons. The lowest BCUT2D eigenvalue weighted by atomic mass is 9.95. The summed E-state index contributed by atoms with van der Waals surface area (Å²) in [6.45, 7) is 3.08. The molecular formula is C12H19ClN2O2S. The molecule has 4 nitrogen and oxygen atoms in total. The van der Waals surface area contributed by atoms with Crippen molar-refractivity contribution in [1.82, 2.24) is 10.3 Å². The van der Waals surface area contributed by atoms with Crippen LogP contribution in [0.2, 0.25) is 0 Å². The Morgan fingerprint density at radius 1 is 1.50 bits per heavy atom. The molecule has 0 aromatic carbocycles. The lowest BCUT2D eigenvalue weighted by Gasteiger charge is -2.22. The summed E-state index contributed by atoms with van der Waals surface area (Å²) in [6, 6.07) is 0. The molecule has 1 aromatic rings. The van der Waals surface area contributed by atoms with Gasteiger partial charge in [0.25, 0.3) is 0 Å². The van der Waals surface area contributed by atoms with Crippen LogP contribution in [0, 0.1) is 5.92 Å². The Morgan fingerprint density at radius 3 is 2.94 bits per heavy atom. The molecule has 2 rings (SSSR count). The largest absolute Gasteiger partial charge is 0.373 e. The number of nitrogens with zero attached hydrogens (tertiary/aromatic N) is 1. The van der Waals surface area contributed by atoms with Gasteiger partial charge in [-0.25, -0.2) is 4.98 Å². The van der Waals surface area contributed by atoms with E-state index in [1.165, 1.54) is 24.2 Å². The number of halogens is 1. The van der Waals surface area contributed by atoms with Crippen molar-refractivity contribution >= 4 is 29.5 Å². The average molecular weight is 291 g/mol. The van der Waals surface area contributed by atoms with Crippen LogP contribution in [0.3, 0.4) is 0 Å². The van der Waals surface area contributed by atoms with Crippen molar-refractivity contribution < 1.29 is 9.53 Å². The fraction of sp³-hybridized carbons (Fsp3) is 0.667. The fourth-order valence-corrected chi connectivity index (χ4v) is 2.57. The maximum atomic E-state index is 11.6. The van der Waals surface area contributed by atoms with Crippen LogP contribution < -0.4 is 5.32 Å². The number of nitrogens with one attached hydrogen (secondary N) is 1. The minimum absolute atomic E-state index is 0. The van der Waals surface area contributed by atoms with Gasteiger partial charge in [0.05, 0.1) is 0 Å². The first kappa shape index (κ1) is 15.6. The van der Waals surface area contributed by atoms with E-state index in [1.807, 2.05) is 5.38 Å². The van der Waals surface area contributed by atoms with E-state index in [-0.39, 0.29) is 24.8 Å². The molecular weight excluding hydrogens is 272 g/mol. The lowest BCUT2D eigenvalue weighted by molar-refractivity contribution is 0.0723. The topological polar surface area (TPSA) is 51.2 Å². The predicted molar refractivity (Wildman–Crippen MR) is 74.7 cm³/mol. The molecule has 102 valence electrons. The molecule has 1 aromatic heterocycles. The predicted octanol–water partition coefficient (Wildman–Crippen LogP) is 2.15. The molecule has 0 atom stereocenters. The Labute approximate surface area is 118 Å². The number of hydrogen-bond acceptors (Lipinski definition) is 5. The average Bonchev–Trinajstić information content (AvgIpc) is 2.89. The van der Waals surface area contributed by atoms with Crippen LogP contribution >= 0.6 is 23.7 Å². The Bertz CT molecular complexity index is 340. The highest BCUT2D eigenvalue weighted by Gasteiger charge is 2.13. The normalized spacial score (nSPS) is 16.2. The maximum absolute atomic E-state index is 11.6. The summed E-state index contributed by atoms with van der Waals surface area (Å²) in [5, 5.41) is 5.70. The first-order valence-electron chi connectivity index (χ1n) is 6.07. The van der Waals surface area contributed by atoms with Gasteiger partial charge in [-0.15, -0.1) is 23.7 Å². The van der Waals surface area contributed by atoms with E-state index in [1.54, 1.807) is 6.20 Å². The van der Waals surface area contributed by atoms with Crippen molar-refractivity contribution in [3.05, 3.63) is 16.6 Å². The SMILES string of the molecule is Cl.O=C(COCCC1CCNCC1)c1nccs1. The quantitative estimate of drug-likeness (QED) is 0.644. The van der Waals surface area contributed by atoms with Crippen molar-refractivity contribution in [3.8, 4) is 0 Å². The second kappa shape index (κ2) is 8.58. The third kappa shape index (κ3) is 5.02. The molecule has 0 bridgehead atoms. The van der Waals surface area contributed by atoms with E-state index in [9.17, 15) is 4.79 Å². The summed E-state index contributed by atoms with van der Waals surface area (Å²) < 4.78 is 5.42. The van der Waals surface area contributed by atoms with Gasteiger partial charge in [-0.2, -0.15) is 0 Å². The van der Waals surface area contributed by atoms with E-state index in [4.69, 9.17) is 4.74 Å². The van der Waals surface area contributed by atoms with Crippen LogP contribution in [-0.4, -0.2) is 37.1 Å². The van der Waals surface area contributed by atoms with Crippen molar-refractivity contribution in [3.63, 3.8) is 0 Å². The van der Waals surface area contributed by atoms with Crippen LogP contribution in [0.5, 0.6) is 0 Å². The van der Waals surface area contributed by atoms with Gasteiger partial charge in [0, 0.05) is 18.2 Å². The number of carbonyl (C=O) groups is 1. The first-order valence-corrected chi connectivity index (χ1v) is 6.95. The summed E-state index contributed by atoms with van der Waals surface area (Å²) in [6.07, 6.45) is 5.16. The summed E-state index contributed by atoms with van der Waals surface area (Å²) in [5.41, 5.74) is 0. The number of thiazole rings is 1. The molecule has 1 fully saturated rings. The Kier molecular flexibility index (Phi) is 7.42. The Hall–Kier alpha value is -0.490. The number of carbonyl (C=O) groups excluding carboxylic acids is 1. The zero-order valence-electron chi connectivity index (χ0n) is 10.3. The smallest absolute Gasteiger partial charge is 0.216 e. The Morgan fingerprint density at radius 2 is 2.28 bits per heavy atom. The number of Topliss-reactive ketones (excluding diaryl/α,β-unsaturated/α-hetero) is 1. The van der Waals surface area contributed by atoms with Crippen molar-refractivity contribution in [2.45, 2.75) is 19.3 Å². The zero-order valence-corrected chi connectivity index (χ0v) is 11.9. The Balaban J connectivity index is 0.00000162. The molecule has 0 saturated carbocycles. The minimum atomic E-state index is -0.00897. The fourth-order valence-electron chi connectivity index (χ4n) is 2.01. The first-order chi connectivity index (χ1) is 8.36. The summed E-state index contributed by atoms with van der Waals surface area (Å²) in [5.74, 6) is 0.747. The molecule has 1 N–H and O–H groups in total. The molecule has 18 heavy (non-hydrogen) atoms. The molecule has 1 saturated heterocycles. The van der Waals surface area contributed by atoms with E-state index in [0.29, 0.717) is 11.6 Å². The highest BCUT2D eigenvalue weighted by atomic mass is 35.5. The van der Waals surface area contributed by atoms with Crippen LogP contribution in [0.25, 0.3) is 0 Å². The highest BCUT2D eigenvalue weighted by Crippen LogP contribution is 2.15. The molecule has 1 aliphatic heterocycles. The van der Waals surface area contributed by atoms with Gasteiger partial charge in [0.2, 0.25) is 5.78 Å². The third-order valence-corrected chi connectivity index (χ3v) is 3.85. The van der Waals surface area contributed by atoms with E-state index >= 15 is 0 Å². The van der Waals surface area contributed by atoms with Crippen LogP contribution in [-0.2, 0) is 4.74 Å². The van der Waals surface area contributed by atoms with Gasteiger partial charge in [-0.05, 0) is 38.3 Å². The molecule has 0 spiro atoms. The van der Waals surface area contributed by atoms with Crippen molar-refractivity contribution in [2.75, 3.05) is 26.3 Å². The molecule has 0 amide bonds. The van der Waals surface area contributed by atoms with Gasteiger partial charge in [0.1, 0.15) is 6.61 Å². The molecule has 0 unspecified atom stereocenters. The van der Waals surface area contributed by atoms with Crippen LogP contribution in [0.4, 0.5) is 0 Å². The number of ketones is 1. The lowest BCUT2D eigenvalue weighted by Crippen LogP contribution is -2.28. The number of ether oxygens (including phenoxy) is 1. The molecule has 6 heteroatoms. The summed E-state index contributed by atoms with van der Waals surface area (Å²) >= 11 is 1.37. The second-order valence-electron chi connectivity index (χ2n) is 4.30. The van der Waals surface area contributed by atoms with Gasteiger partial charge in [-0.1, -0.05) is 0 Å². The number of hydrogen-bond donors (Lipinski definition) is 1. The number of rotatable bonds is 6. The number of piperidine rings is 1. The summed E-state index contributed by atoms with van der Waals surface area (Å²) in [4.78, 5) is 15.5. The van der Waals surface area contributed by atoms with Gasteiger partial charge in [-0.3, -0.25) is 4.79 Å². The minimum Gasteiger partial charge on any atom is -0.373 e. The molecule has 1 aliphatic rings. The van der Waals surface area contributed by atoms with Crippen molar-refractivity contribution in [1.29, 1.82) is 0 Å². The summed E-state index contributed by atoms with van der Waals surface area (Å²) in [7, 11) is 0. The van der Waals surface area contributed by atoms with Gasteiger partial charge in [0.15, 0.2) is 5.01 Å². The molecule has 2 heterocycles.